The van der Waals surface area contributed by atoms with Gasteiger partial charge in [-0.15, -0.1) is 0 Å². The highest BCUT2D eigenvalue weighted by Crippen LogP contribution is 1.97. The summed E-state index contributed by atoms with van der Waals surface area (Å²) in [6.45, 7) is 10.8. The molecule has 112 valence electrons. The molecule has 2 N–H and O–H groups in total. The van der Waals surface area contributed by atoms with Gasteiger partial charge in [0.2, 0.25) is 5.91 Å². The van der Waals surface area contributed by atoms with Crippen molar-refractivity contribution in [2.75, 3.05) is 52.9 Å². The lowest BCUT2D eigenvalue weighted by atomic mass is 10.2. The molecule has 1 aliphatic rings. The number of hydrogen-bond donors (Lipinski definition) is 2. The quantitative estimate of drug-likeness (QED) is 0.616. The second-order valence-electron chi connectivity index (χ2n) is 5.66. The largest absolute Gasteiger partial charge is 0.355 e. The molecule has 5 nitrogen and oxygen atoms in total. The zero-order valence-corrected chi connectivity index (χ0v) is 12.7. The first-order valence-corrected chi connectivity index (χ1v) is 7.49. The Morgan fingerprint density at radius 1 is 1.32 bits per heavy atom. The predicted molar refractivity (Wildman–Crippen MR) is 79.3 cm³/mol. The standard InChI is InChI=1S/C14H30N4O/c1-13(2)17(3)9-5-4-6-16-14(19)12-18-10-7-15-8-11-18/h13,15H,4-12H2,1-3H3,(H,16,19). The van der Waals surface area contributed by atoms with E-state index in [9.17, 15) is 4.79 Å². The van der Waals surface area contributed by atoms with Crippen molar-refractivity contribution >= 4 is 5.91 Å². The SMILES string of the molecule is CC(C)N(C)CCCCNC(=O)CN1CCNCC1. The van der Waals surface area contributed by atoms with Crippen LogP contribution in [0.3, 0.4) is 0 Å². The van der Waals surface area contributed by atoms with Gasteiger partial charge in [-0.2, -0.15) is 0 Å². The first-order valence-electron chi connectivity index (χ1n) is 7.49. The van der Waals surface area contributed by atoms with Crippen molar-refractivity contribution in [2.45, 2.75) is 32.7 Å². The molecule has 1 fully saturated rings. The molecule has 0 unspecified atom stereocenters. The van der Waals surface area contributed by atoms with Gasteiger partial charge >= 0.3 is 0 Å². The Balaban J connectivity index is 1.98. The summed E-state index contributed by atoms with van der Waals surface area (Å²) in [5, 5.41) is 6.30. The Morgan fingerprint density at radius 3 is 2.63 bits per heavy atom. The second kappa shape index (κ2) is 9.28. The zero-order valence-electron chi connectivity index (χ0n) is 12.7. The van der Waals surface area contributed by atoms with Crippen LogP contribution in [0.25, 0.3) is 0 Å². The van der Waals surface area contributed by atoms with Crippen molar-refractivity contribution in [3.05, 3.63) is 0 Å². The average Bonchev–Trinajstić information content (AvgIpc) is 2.39. The molecule has 1 amide bonds. The molecule has 0 saturated carbocycles. The second-order valence-corrected chi connectivity index (χ2v) is 5.66. The maximum absolute atomic E-state index is 11.7. The minimum Gasteiger partial charge on any atom is -0.355 e. The Hall–Kier alpha value is -0.650. The monoisotopic (exact) mass is 270 g/mol. The topological polar surface area (TPSA) is 47.6 Å². The predicted octanol–water partition coefficient (Wildman–Crippen LogP) is 0.128. The average molecular weight is 270 g/mol. The van der Waals surface area contributed by atoms with Gasteiger partial charge in [-0.1, -0.05) is 0 Å². The van der Waals surface area contributed by atoms with Gasteiger partial charge in [0.15, 0.2) is 0 Å². The molecule has 0 aliphatic carbocycles. The van der Waals surface area contributed by atoms with Crippen LogP contribution in [0.2, 0.25) is 0 Å². The van der Waals surface area contributed by atoms with Gasteiger partial charge in [0, 0.05) is 38.8 Å². The zero-order chi connectivity index (χ0) is 14.1. The van der Waals surface area contributed by atoms with Crippen LogP contribution in [-0.2, 0) is 4.79 Å². The number of amides is 1. The lowest BCUT2D eigenvalue weighted by molar-refractivity contribution is -0.122. The molecule has 1 rings (SSSR count). The van der Waals surface area contributed by atoms with Crippen LogP contribution < -0.4 is 10.6 Å². The minimum atomic E-state index is 0.166. The van der Waals surface area contributed by atoms with Crippen LogP contribution >= 0.6 is 0 Å². The van der Waals surface area contributed by atoms with E-state index in [0.29, 0.717) is 12.6 Å². The molecule has 1 aliphatic heterocycles. The van der Waals surface area contributed by atoms with Gasteiger partial charge < -0.3 is 15.5 Å². The lowest BCUT2D eigenvalue weighted by Crippen LogP contribution is -2.47. The number of piperazine rings is 1. The molecule has 0 aromatic carbocycles. The Bertz CT molecular complexity index is 252. The Labute approximate surface area is 117 Å². The molecule has 1 heterocycles. The van der Waals surface area contributed by atoms with E-state index in [1.54, 1.807) is 0 Å². The molecule has 0 aromatic rings. The Kier molecular flexibility index (Phi) is 8.02. The Morgan fingerprint density at radius 2 is 2.00 bits per heavy atom. The van der Waals surface area contributed by atoms with Crippen LogP contribution in [0.15, 0.2) is 0 Å². The van der Waals surface area contributed by atoms with Crippen molar-refractivity contribution in [3.63, 3.8) is 0 Å². The smallest absolute Gasteiger partial charge is 0.234 e. The number of carbonyl (C=O) groups excluding carboxylic acids is 1. The molecular formula is C14H30N4O. The van der Waals surface area contributed by atoms with Crippen molar-refractivity contribution in [1.82, 2.24) is 20.4 Å². The highest BCUT2D eigenvalue weighted by Gasteiger charge is 2.12. The maximum atomic E-state index is 11.7. The van der Waals surface area contributed by atoms with Crippen LogP contribution in [0.1, 0.15) is 26.7 Å². The maximum Gasteiger partial charge on any atom is 0.234 e. The lowest BCUT2D eigenvalue weighted by Gasteiger charge is -2.26. The minimum absolute atomic E-state index is 0.166. The summed E-state index contributed by atoms with van der Waals surface area (Å²) in [5.74, 6) is 0.166. The fourth-order valence-electron chi connectivity index (χ4n) is 2.10. The summed E-state index contributed by atoms with van der Waals surface area (Å²) < 4.78 is 0. The number of carbonyl (C=O) groups is 1. The highest BCUT2D eigenvalue weighted by atomic mass is 16.2. The van der Waals surface area contributed by atoms with E-state index in [1.165, 1.54) is 0 Å². The van der Waals surface area contributed by atoms with Gasteiger partial charge in [0.25, 0.3) is 0 Å². The van der Waals surface area contributed by atoms with E-state index in [4.69, 9.17) is 0 Å². The van der Waals surface area contributed by atoms with E-state index in [2.05, 4.69) is 41.3 Å². The molecular weight excluding hydrogens is 240 g/mol. The van der Waals surface area contributed by atoms with Crippen molar-refractivity contribution < 1.29 is 4.79 Å². The van der Waals surface area contributed by atoms with Crippen molar-refractivity contribution in [1.29, 1.82) is 0 Å². The molecule has 19 heavy (non-hydrogen) atoms. The summed E-state index contributed by atoms with van der Waals surface area (Å²) in [5.41, 5.74) is 0. The number of hydrogen-bond acceptors (Lipinski definition) is 4. The van der Waals surface area contributed by atoms with E-state index >= 15 is 0 Å². The number of nitrogens with one attached hydrogen (secondary N) is 2. The van der Waals surface area contributed by atoms with E-state index in [-0.39, 0.29) is 5.91 Å². The highest BCUT2D eigenvalue weighted by molar-refractivity contribution is 5.77. The van der Waals surface area contributed by atoms with Gasteiger partial charge in [0.1, 0.15) is 0 Å². The van der Waals surface area contributed by atoms with Gasteiger partial charge in [-0.25, -0.2) is 0 Å². The van der Waals surface area contributed by atoms with Gasteiger partial charge in [0.05, 0.1) is 6.54 Å². The molecule has 0 radical (unpaired) electrons. The fourth-order valence-corrected chi connectivity index (χ4v) is 2.10. The molecule has 0 aromatic heterocycles. The van der Waals surface area contributed by atoms with Crippen LogP contribution in [0.5, 0.6) is 0 Å². The van der Waals surface area contributed by atoms with Crippen LogP contribution in [0.4, 0.5) is 0 Å². The van der Waals surface area contributed by atoms with Crippen LogP contribution in [0, 0.1) is 0 Å². The normalized spacial score (nSPS) is 17.1. The summed E-state index contributed by atoms with van der Waals surface area (Å²) in [6.07, 6.45) is 2.20. The van der Waals surface area contributed by atoms with Gasteiger partial charge in [-0.3, -0.25) is 9.69 Å². The molecule has 0 spiro atoms. The number of nitrogens with zero attached hydrogens (tertiary/aromatic N) is 2. The summed E-state index contributed by atoms with van der Waals surface area (Å²) >= 11 is 0. The van der Waals surface area contributed by atoms with Gasteiger partial charge in [-0.05, 0) is 40.3 Å². The third-order valence-corrected chi connectivity index (χ3v) is 3.72. The summed E-state index contributed by atoms with van der Waals surface area (Å²) in [7, 11) is 2.15. The van der Waals surface area contributed by atoms with E-state index in [1.807, 2.05) is 0 Å². The first kappa shape index (κ1) is 16.4. The fraction of sp³-hybridized carbons (Fsp3) is 0.929. The molecule has 5 heteroatoms. The third-order valence-electron chi connectivity index (χ3n) is 3.72. The van der Waals surface area contributed by atoms with Crippen molar-refractivity contribution in [2.24, 2.45) is 0 Å². The van der Waals surface area contributed by atoms with Crippen LogP contribution in [-0.4, -0.2) is 74.6 Å². The first-order chi connectivity index (χ1) is 9.09. The van der Waals surface area contributed by atoms with E-state index < -0.39 is 0 Å². The number of rotatable bonds is 8. The van der Waals surface area contributed by atoms with E-state index in [0.717, 1.165) is 52.1 Å². The van der Waals surface area contributed by atoms with Crippen molar-refractivity contribution in [3.8, 4) is 0 Å². The molecule has 0 bridgehead atoms. The third kappa shape index (κ3) is 7.50. The summed E-state index contributed by atoms with van der Waals surface area (Å²) in [6, 6.07) is 0.599. The summed E-state index contributed by atoms with van der Waals surface area (Å²) in [4.78, 5) is 16.3. The molecule has 0 atom stereocenters. The molecule has 1 saturated heterocycles. The number of unbranched alkanes of at least 4 members (excludes halogenated alkanes) is 1.